The van der Waals surface area contributed by atoms with Crippen LogP contribution in [-0.4, -0.2) is 18.5 Å². The molecule has 6 heteroatoms. The van der Waals surface area contributed by atoms with E-state index in [1.807, 2.05) is 0 Å². The van der Waals surface area contributed by atoms with Gasteiger partial charge in [0.05, 0.1) is 4.90 Å². The van der Waals surface area contributed by atoms with Gasteiger partial charge in [0.25, 0.3) is 0 Å². The maximum absolute atomic E-state index is 12.1. The Kier molecular flexibility index (Phi) is 2.72. The van der Waals surface area contributed by atoms with Crippen molar-refractivity contribution in [1.82, 2.24) is 4.98 Å². The van der Waals surface area contributed by atoms with Crippen molar-refractivity contribution < 1.29 is 13.5 Å². The summed E-state index contributed by atoms with van der Waals surface area (Å²) in [6.45, 7) is 0. The number of hydrogen-bond donors (Lipinski definition) is 2. The highest BCUT2D eigenvalue weighted by Gasteiger charge is 2.19. The summed E-state index contributed by atoms with van der Waals surface area (Å²) >= 11 is 0. The molecule has 0 spiro atoms. The molecule has 1 heterocycles. The van der Waals surface area contributed by atoms with Crippen LogP contribution in [0, 0.1) is 0 Å². The highest BCUT2D eigenvalue weighted by molar-refractivity contribution is 7.91. The topological polar surface area (TPSA) is 93.3 Å². The van der Waals surface area contributed by atoms with Gasteiger partial charge in [-0.2, -0.15) is 0 Å². The molecule has 5 nitrogen and oxygen atoms in total. The maximum Gasteiger partial charge on any atom is 0.223 e. The Labute approximate surface area is 98.5 Å². The second-order valence-electron chi connectivity index (χ2n) is 3.42. The fourth-order valence-corrected chi connectivity index (χ4v) is 2.54. The summed E-state index contributed by atoms with van der Waals surface area (Å²) in [5, 5.41) is 9.00. The minimum atomic E-state index is -3.68. The van der Waals surface area contributed by atoms with E-state index in [1.54, 1.807) is 0 Å². The van der Waals surface area contributed by atoms with Crippen molar-refractivity contribution in [3.63, 3.8) is 0 Å². The fraction of sp³-hybridized carbons (Fsp3) is 0. The zero-order valence-corrected chi connectivity index (χ0v) is 9.55. The van der Waals surface area contributed by atoms with Gasteiger partial charge in [-0.05, 0) is 36.4 Å². The van der Waals surface area contributed by atoms with Gasteiger partial charge in [-0.25, -0.2) is 13.4 Å². The predicted octanol–water partition coefficient (Wildman–Crippen LogP) is 1.20. The van der Waals surface area contributed by atoms with Crippen molar-refractivity contribution in [2.75, 3.05) is 5.73 Å². The molecule has 2 rings (SSSR count). The molecule has 88 valence electrons. The summed E-state index contributed by atoms with van der Waals surface area (Å²) < 4.78 is 24.2. The van der Waals surface area contributed by atoms with Gasteiger partial charge in [-0.15, -0.1) is 0 Å². The van der Waals surface area contributed by atoms with E-state index in [1.165, 1.54) is 42.6 Å². The molecule has 0 atom stereocenters. The van der Waals surface area contributed by atoms with E-state index in [0.717, 1.165) is 0 Å². The van der Waals surface area contributed by atoms with Crippen molar-refractivity contribution in [2.45, 2.75) is 9.92 Å². The summed E-state index contributed by atoms with van der Waals surface area (Å²) in [6, 6.07) is 8.04. The second kappa shape index (κ2) is 4.06. The van der Waals surface area contributed by atoms with E-state index < -0.39 is 9.84 Å². The molecular weight excluding hydrogens is 240 g/mol. The van der Waals surface area contributed by atoms with E-state index in [4.69, 9.17) is 10.8 Å². The summed E-state index contributed by atoms with van der Waals surface area (Å²) in [4.78, 5) is 3.84. The van der Waals surface area contributed by atoms with Crippen LogP contribution in [0.1, 0.15) is 0 Å². The molecule has 0 saturated carbocycles. The van der Waals surface area contributed by atoms with Gasteiger partial charge in [0.2, 0.25) is 9.84 Å². The number of benzene rings is 1. The van der Waals surface area contributed by atoms with E-state index in [0.29, 0.717) is 5.69 Å². The molecule has 0 aliphatic heterocycles. The molecule has 17 heavy (non-hydrogen) atoms. The highest BCUT2D eigenvalue weighted by atomic mass is 32.2. The molecule has 0 bridgehead atoms. The van der Waals surface area contributed by atoms with Crippen molar-refractivity contribution in [3.8, 4) is 5.75 Å². The number of aromatic nitrogens is 1. The predicted molar refractivity (Wildman–Crippen MR) is 62.2 cm³/mol. The van der Waals surface area contributed by atoms with Crippen LogP contribution < -0.4 is 5.73 Å². The minimum absolute atomic E-state index is 0.00415. The third kappa shape index (κ3) is 2.21. The first-order chi connectivity index (χ1) is 8.00. The lowest BCUT2D eigenvalue weighted by Gasteiger charge is -2.04. The number of phenols is 1. The number of nitrogens with two attached hydrogens (primary N) is 1. The zero-order valence-electron chi connectivity index (χ0n) is 8.74. The largest absolute Gasteiger partial charge is 0.508 e. The molecule has 3 N–H and O–H groups in total. The Hall–Kier alpha value is -2.08. The van der Waals surface area contributed by atoms with Gasteiger partial charge in [-0.1, -0.05) is 0 Å². The monoisotopic (exact) mass is 250 g/mol. The Bertz CT molecular complexity index is 636. The molecule has 1 aromatic heterocycles. The molecule has 0 amide bonds. The van der Waals surface area contributed by atoms with Gasteiger partial charge in [-0.3, -0.25) is 0 Å². The second-order valence-corrected chi connectivity index (χ2v) is 5.32. The van der Waals surface area contributed by atoms with Gasteiger partial charge in [0, 0.05) is 11.9 Å². The number of rotatable bonds is 2. The van der Waals surface area contributed by atoms with Crippen LogP contribution in [0.25, 0.3) is 0 Å². The third-order valence-electron chi connectivity index (χ3n) is 2.18. The summed E-state index contributed by atoms with van der Waals surface area (Å²) in [7, 11) is -3.68. The van der Waals surface area contributed by atoms with Gasteiger partial charge < -0.3 is 10.8 Å². The zero-order chi connectivity index (χ0) is 12.5. The van der Waals surface area contributed by atoms with Crippen LogP contribution in [0.5, 0.6) is 5.75 Å². The number of hydrogen-bond acceptors (Lipinski definition) is 5. The minimum Gasteiger partial charge on any atom is -0.508 e. The quantitative estimate of drug-likeness (QED) is 0.835. The number of sulfone groups is 1. The standard InChI is InChI=1S/C11H10N2O3S/c12-8-5-6-13-11(7-8)17(15,16)10-3-1-9(14)2-4-10/h1-7,14H,(H2,12,13). The SMILES string of the molecule is Nc1ccnc(S(=O)(=O)c2ccc(O)cc2)c1. The molecule has 0 fully saturated rings. The van der Waals surface area contributed by atoms with Gasteiger partial charge in [0.1, 0.15) is 5.75 Å². The lowest BCUT2D eigenvalue weighted by atomic mass is 10.3. The first kappa shape index (κ1) is 11.4. The molecule has 0 aliphatic rings. The summed E-state index contributed by atoms with van der Waals surface area (Å²) in [5.74, 6) is 0.00415. The van der Waals surface area contributed by atoms with Crippen LogP contribution in [0.15, 0.2) is 52.5 Å². The lowest BCUT2D eigenvalue weighted by molar-refractivity contribution is 0.475. The van der Waals surface area contributed by atoms with Gasteiger partial charge >= 0.3 is 0 Å². The van der Waals surface area contributed by atoms with Crippen LogP contribution in [0.4, 0.5) is 5.69 Å². The average molecular weight is 250 g/mol. The first-order valence-corrected chi connectivity index (χ1v) is 6.24. The summed E-state index contributed by atoms with van der Waals surface area (Å²) in [6.07, 6.45) is 1.34. The molecule has 0 unspecified atom stereocenters. The lowest BCUT2D eigenvalue weighted by Crippen LogP contribution is -2.04. The molecule has 0 aliphatic carbocycles. The Morgan fingerprint density at radius 2 is 1.76 bits per heavy atom. The Morgan fingerprint density at radius 1 is 1.12 bits per heavy atom. The Morgan fingerprint density at radius 3 is 2.35 bits per heavy atom. The number of phenolic OH excluding ortho intramolecular Hbond substituents is 1. The van der Waals surface area contributed by atoms with E-state index in [9.17, 15) is 8.42 Å². The summed E-state index contributed by atoms with van der Waals surface area (Å²) in [5.41, 5.74) is 5.84. The fourth-order valence-electron chi connectivity index (χ4n) is 1.32. The first-order valence-electron chi connectivity index (χ1n) is 4.76. The highest BCUT2D eigenvalue weighted by Crippen LogP contribution is 2.21. The average Bonchev–Trinajstić information content (AvgIpc) is 2.29. The Balaban J connectivity index is 2.54. The number of nitrogen functional groups attached to an aromatic ring is 1. The third-order valence-corrected chi connectivity index (χ3v) is 3.85. The smallest absolute Gasteiger partial charge is 0.223 e. The molecular formula is C11H10N2O3S. The number of aromatic hydroxyl groups is 1. The van der Waals surface area contributed by atoms with E-state index in [2.05, 4.69) is 4.98 Å². The van der Waals surface area contributed by atoms with Crippen LogP contribution in [-0.2, 0) is 9.84 Å². The molecule has 2 aromatic rings. The van der Waals surface area contributed by atoms with E-state index in [-0.39, 0.29) is 15.7 Å². The number of nitrogens with zero attached hydrogens (tertiary/aromatic N) is 1. The number of pyridine rings is 1. The van der Waals surface area contributed by atoms with Gasteiger partial charge in [0.15, 0.2) is 5.03 Å². The van der Waals surface area contributed by atoms with Crippen molar-refractivity contribution in [3.05, 3.63) is 42.6 Å². The maximum atomic E-state index is 12.1. The van der Waals surface area contributed by atoms with Crippen LogP contribution in [0.3, 0.4) is 0 Å². The van der Waals surface area contributed by atoms with E-state index >= 15 is 0 Å². The van der Waals surface area contributed by atoms with Crippen molar-refractivity contribution >= 4 is 15.5 Å². The van der Waals surface area contributed by atoms with Crippen LogP contribution >= 0.6 is 0 Å². The molecule has 0 radical (unpaired) electrons. The molecule has 1 aromatic carbocycles. The van der Waals surface area contributed by atoms with Crippen LogP contribution in [0.2, 0.25) is 0 Å². The van der Waals surface area contributed by atoms with Crippen molar-refractivity contribution in [1.29, 1.82) is 0 Å². The molecule has 0 saturated heterocycles. The normalized spacial score (nSPS) is 11.3. The van der Waals surface area contributed by atoms with Crippen molar-refractivity contribution in [2.24, 2.45) is 0 Å². The number of anilines is 1.